The maximum Gasteiger partial charge on any atom is 0.267 e. The first-order valence-corrected chi connectivity index (χ1v) is 6.97. The van der Waals surface area contributed by atoms with Gasteiger partial charge in [-0.3, -0.25) is 0 Å². The first kappa shape index (κ1) is 15.3. The molecule has 0 aliphatic heterocycles. The summed E-state index contributed by atoms with van der Waals surface area (Å²) in [5, 5.41) is 0. The molecule has 2 aromatic rings. The summed E-state index contributed by atoms with van der Waals surface area (Å²) >= 11 is 0. The molecular formula is C17H19F2NO. The van der Waals surface area contributed by atoms with Crippen LogP contribution in [0, 0.1) is 0 Å². The molecule has 0 aliphatic rings. The number of anilines is 1. The lowest BCUT2D eigenvalue weighted by Crippen LogP contribution is -1.99. The van der Waals surface area contributed by atoms with Gasteiger partial charge in [-0.2, -0.15) is 0 Å². The van der Waals surface area contributed by atoms with E-state index in [2.05, 4.69) is 13.8 Å². The Labute approximate surface area is 123 Å². The Hall–Kier alpha value is -2.10. The Morgan fingerprint density at radius 1 is 1.05 bits per heavy atom. The van der Waals surface area contributed by atoms with E-state index in [1.807, 2.05) is 18.2 Å². The molecule has 112 valence electrons. The van der Waals surface area contributed by atoms with Crippen LogP contribution in [-0.4, -0.2) is 0 Å². The Kier molecular flexibility index (Phi) is 4.78. The Balaban J connectivity index is 2.39. The lowest BCUT2D eigenvalue weighted by atomic mass is 9.98. The predicted molar refractivity (Wildman–Crippen MR) is 81.0 cm³/mol. The first-order chi connectivity index (χ1) is 10.0. The molecule has 2 aromatic carbocycles. The van der Waals surface area contributed by atoms with Crippen LogP contribution in [-0.2, 0) is 0 Å². The second-order valence-electron chi connectivity index (χ2n) is 5.05. The largest absolute Gasteiger partial charge is 0.457 e. The lowest BCUT2D eigenvalue weighted by molar-refractivity contribution is 0.148. The average molecular weight is 291 g/mol. The molecule has 0 saturated carbocycles. The summed E-state index contributed by atoms with van der Waals surface area (Å²) in [7, 11) is 0. The van der Waals surface area contributed by atoms with Crippen LogP contribution in [0.5, 0.6) is 11.5 Å². The molecule has 0 bridgehead atoms. The molecule has 1 atom stereocenters. The van der Waals surface area contributed by atoms with Crippen molar-refractivity contribution in [2.24, 2.45) is 0 Å². The van der Waals surface area contributed by atoms with Crippen molar-refractivity contribution in [2.75, 3.05) is 5.73 Å². The highest BCUT2D eigenvalue weighted by Gasteiger charge is 2.17. The van der Waals surface area contributed by atoms with Crippen molar-refractivity contribution in [3.8, 4) is 11.5 Å². The fraction of sp³-hybridized carbons (Fsp3) is 0.294. The van der Waals surface area contributed by atoms with Crippen LogP contribution < -0.4 is 10.5 Å². The molecule has 2 nitrogen and oxygen atoms in total. The van der Waals surface area contributed by atoms with Crippen molar-refractivity contribution in [3.05, 3.63) is 53.6 Å². The number of ether oxygens (including phenoxy) is 1. The minimum absolute atomic E-state index is 0.148. The molecule has 0 amide bonds. The zero-order valence-corrected chi connectivity index (χ0v) is 12.1. The fourth-order valence-corrected chi connectivity index (χ4v) is 2.15. The Bertz CT molecular complexity index is 613. The third-order valence-corrected chi connectivity index (χ3v) is 3.55. The summed E-state index contributed by atoms with van der Waals surface area (Å²) in [4.78, 5) is 0. The highest BCUT2D eigenvalue weighted by atomic mass is 19.3. The van der Waals surface area contributed by atoms with Crippen LogP contribution in [0.25, 0.3) is 0 Å². The van der Waals surface area contributed by atoms with Gasteiger partial charge in [0.1, 0.15) is 11.5 Å². The average Bonchev–Trinajstić information content (AvgIpc) is 2.48. The molecule has 0 spiro atoms. The molecule has 2 N–H and O–H groups in total. The highest BCUT2D eigenvalue weighted by Crippen LogP contribution is 2.37. The van der Waals surface area contributed by atoms with Gasteiger partial charge in [-0.15, -0.1) is 0 Å². The quantitative estimate of drug-likeness (QED) is 0.737. The smallest absolute Gasteiger partial charge is 0.267 e. The van der Waals surface area contributed by atoms with E-state index in [-0.39, 0.29) is 11.3 Å². The van der Waals surface area contributed by atoms with Gasteiger partial charge in [0.05, 0.1) is 5.56 Å². The number of halogens is 2. The predicted octanol–water partition coefficient (Wildman–Crippen LogP) is 5.51. The summed E-state index contributed by atoms with van der Waals surface area (Å²) in [5.74, 6) is 1.05. The van der Waals surface area contributed by atoms with Crippen LogP contribution in [0.4, 0.5) is 14.5 Å². The number of nitrogens with two attached hydrogens (primary N) is 1. The van der Waals surface area contributed by atoms with Gasteiger partial charge in [0, 0.05) is 5.69 Å². The van der Waals surface area contributed by atoms with Crippen molar-refractivity contribution in [2.45, 2.75) is 32.6 Å². The molecule has 0 fully saturated rings. The maximum atomic E-state index is 13.1. The number of para-hydroxylation sites is 1. The minimum Gasteiger partial charge on any atom is -0.457 e. The van der Waals surface area contributed by atoms with Gasteiger partial charge in [-0.25, -0.2) is 8.78 Å². The minimum atomic E-state index is -2.63. The van der Waals surface area contributed by atoms with Crippen LogP contribution in [0.15, 0.2) is 42.5 Å². The van der Waals surface area contributed by atoms with E-state index in [1.54, 1.807) is 12.1 Å². The van der Waals surface area contributed by atoms with Gasteiger partial charge in [-0.1, -0.05) is 32.0 Å². The SMILES string of the molecule is CCC(C)c1ccccc1Oc1ccc(N)cc1C(F)F. The molecule has 0 saturated heterocycles. The molecule has 0 aliphatic carbocycles. The molecule has 21 heavy (non-hydrogen) atoms. The Morgan fingerprint density at radius 3 is 2.38 bits per heavy atom. The van der Waals surface area contributed by atoms with Crippen LogP contribution in [0.3, 0.4) is 0 Å². The van der Waals surface area contributed by atoms with E-state index in [0.29, 0.717) is 17.4 Å². The van der Waals surface area contributed by atoms with Crippen molar-refractivity contribution in [1.82, 2.24) is 0 Å². The summed E-state index contributed by atoms with van der Waals surface area (Å²) in [5.41, 5.74) is 6.69. The van der Waals surface area contributed by atoms with E-state index < -0.39 is 6.43 Å². The van der Waals surface area contributed by atoms with E-state index in [9.17, 15) is 8.78 Å². The molecular weight excluding hydrogens is 272 g/mol. The number of nitrogen functional groups attached to an aromatic ring is 1. The molecule has 4 heteroatoms. The fourth-order valence-electron chi connectivity index (χ4n) is 2.15. The second kappa shape index (κ2) is 6.57. The molecule has 0 aromatic heterocycles. The maximum absolute atomic E-state index is 13.1. The Morgan fingerprint density at radius 2 is 1.71 bits per heavy atom. The standard InChI is InChI=1S/C17H19F2NO/c1-3-11(2)13-6-4-5-7-15(13)21-16-9-8-12(20)10-14(16)17(18)19/h4-11,17H,3,20H2,1-2H3. The van der Waals surface area contributed by atoms with Crippen LogP contribution >= 0.6 is 0 Å². The molecule has 0 radical (unpaired) electrons. The first-order valence-electron chi connectivity index (χ1n) is 6.97. The summed E-state index contributed by atoms with van der Waals surface area (Å²) in [6.45, 7) is 4.16. The third kappa shape index (κ3) is 3.51. The van der Waals surface area contributed by atoms with E-state index in [0.717, 1.165) is 12.0 Å². The zero-order valence-electron chi connectivity index (χ0n) is 12.1. The molecule has 1 unspecified atom stereocenters. The monoisotopic (exact) mass is 291 g/mol. The number of hydrogen-bond donors (Lipinski definition) is 1. The summed E-state index contributed by atoms with van der Waals surface area (Å²) in [6.07, 6.45) is -1.68. The number of rotatable bonds is 5. The topological polar surface area (TPSA) is 35.2 Å². The van der Waals surface area contributed by atoms with Gasteiger partial charge in [0.2, 0.25) is 0 Å². The van der Waals surface area contributed by atoms with E-state index in [4.69, 9.17) is 10.5 Å². The van der Waals surface area contributed by atoms with Gasteiger partial charge in [0.25, 0.3) is 6.43 Å². The number of hydrogen-bond acceptors (Lipinski definition) is 2. The molecule has 2 rings (SSSR count). The van der Waals surface area contributed by atoms with Crippen molar-refractivity contribution < 1.29 is 13.5 Å². The van der Waals surface area contributed by atoms with Gasteiger partial charge in [-0.05, 0) is 42.2 Å². The normalized spacial score (nSPS) is 12.4. The van der Waals surface area contributed by atoms with Gasteiger partial charge < -0.3 is 10.5 Å². The van der Waals surface area contributed by atoms with E-state index in [1.165, 1.54) is 12.1 Å². The van der Waals surface area contributed by atoms with Crippen molar-refractivity contribution >= 4 is 5.69 Å². The van der Waals surface area contributed by atoms with Crippen molar-refractivity contribution in [3.63, 3.8) is 0 Å². The van der Waals surface area contributed by atoms with E-state index >= 15 is 0 Å². The van der Waals surface area contributed by atoms with Gasteiger partial charge in [0.15, 0.2) is 0 Å². The highest BCUT2D eigenvalue weighted by molar-refractivity contribution is 5.50. The lowest BCUT2D eigenvalue weighted by Gasteiger charge is -2.17. The van der Waals surface area contributed by atoms with Crippen molar-refractivity contribution in [1.29, 1.82) is 0 Å². The summed E-state index contributed by atoms with van der Waals surface area (Å²) < 4.78 is 31.9. The second-order valence-corrected chi connectivity index (χ2v) is 5.05. The summed E-state index contributed by atoms with van der Waals surface area (Å²) in [6, 6.07) is 11.8. The van der Waals surface area contributed by atoms with Crippen LogP contribution in [0.2, 0.25) is 0 Å². The van der Waals surface area contributed by atoms with Crippen LogP contribution in [0.1, 0.15) is 43.7 Å². The third-order valence-electron chi connectivity index (χ3n) is 3.55. The zero-order chi connectivity index (χ0) is 15.4. The number of alkyl halides is 2. The molecule has 0 heterocycles. The van der Waals surface area contributed by atoms with Gasteiger partial charge >= 0.3 is 0 Å². The number of benzene rings is 2.